The largest absolute Gasteiger partial charge is 0.354 e. The number of hydrogen-bond donors (Lipinski definition) is 0. The summed E-state index contributed by atoms with van der Waals surface area (Å²) in [6, 6.07) is 3.87. The van der Waals surface area contributed by atoms with Crippen molar-refractivity contribution in [1.82, 2.24) is 4.98 Å². The fourth-order valence-electron chi connectivity index (χ4n) is 2.99. The predicted molar refractivity (Wildman–Crippen MR) is 74.4 cm³/mol. The Labute approximate surface area is 115 Å². The standard InChI is InChI=1S/C12H15BrN2O2S/c1-18(16,17)9-5-12(6-9)7-15(8-12)11-10(13)3-2-4-14-11/h2-4,9H,5-8H2,1H3. The molecule has 0 aromatic carbocycles. The quantitative estimate of drug-likeness (QED) is 0.830. The third kappa shape index (κ3) is 1.95. The van der Waals surface area contributed by atoms with E-state index in [9.17, 15) is 8.42 Å². The summed E-state index contributed by atoms with van der Waals surface area (Å²) in [5.41, 5.74) is 0.227. The maximum Gasteiger partial charge on any atom is 0.150 e. The highest BCUT2D eigenvalue weighted by Gasteiger charge is 2.55. The SMILES string of the molecule is CS(=O)(=O)C1CC2(C1)CN(c1ncccc1Br)C2. The molecule has 1 aromatic heterocycles. The first-order chi connectivity index (χ1) is 8.40. The van der Waals surface area contributed by atoms with E-state index in [4.69, 9.17) is 0 Å². The summed E-state index contributed by atoms with van der Waals surface area (Å²) >= 11 is 3.49. The van der Waals surface area contributed by atoms with Gasteiger partial charge in [-0.1, -0.05) is 0 Å². The zero-order valence-electron chi connectivity index (χ0n) is 10.1. The molecule has 0 atom stereocenters. The number of anilines is 1. The molecule has 2 aliphatic rings. The van der Waals surface area contributed by atoms with Crippen molar-refractivity contribution in [3.63, 3.8) is 0 Å². The lowest BCUT2D eigenvalue weighted by Crippen LogP contribution is -2.65. The minimum absolute atomic E-state index is 0.119. The number of sulfone groups is 1. The van der Waals surface area contributed by atoms with Gasteiger partial charge in [0.15, 0.2) is 0 Å². The molecule has 98 valence electrons. The molecule has 4 nitrogen and oxygen atoms in total. The van der Waals surface area contributed by atoms with Crippen LogP contribution in [0.4, 0.5) is 5.82 Å². The van der Waals surface area contributed by atoms with E-state index in [0.717, 1.165) is 36.2 Å². The number of aromatic nitrogens is 1. The van der Waals surface area contributed by atoms with Crippen molar-refractivity contribution in [2.45, 2.75) is 18.1 Å². The van der Waals surface area contributed by atoms with Gasteiger partial charge in [-0.2, -0.15) is 0 Å². The van der Waals surface area contributed by atoms with Gasteiger partial charge in [0.2, 0.25) is 0 Å². The van der Waals surface area contributed by atoms with Gasteiger partial charge in [-0.25, -0.2) is 13.4 Å². The first-order valence-electron chi connectivity index (χ1n) is 5.94. The summed E-state index contributed by atoms with van der Waals surface area (Å²) in [5.74, 6) is 0.964. The zero-order chi connectivity index (χ0) is 13.0. The minimum Gasteiger partial charge on any atom is -0.354 e. The molecule has 18 heavy (non-hydrogen) atoms. The molecule has 0 unspecified atom stereocenters. The van der Waals surface area contributed by atoms with Crippen LogP contribution in [-0.2, 0) is 9.84 Å². The van der Waals surface area contributed by atoms with E-state index in [1.165, 1.54) is 6.26 Å². The van der Waals surface area contributed by atoms with E-state index in [2.05, 4.69) is 25.8 Å². The summed E-state index contributed by atoms with van der Waals surface area (Å²) in [4.78, 5) is 6.56. The molecule has 2 heterocycles. The third-order valence-electron chi connectivity index (χ3n) is 4.02. The summed E-state index contributed by atoms with van der Waals surface area (Å²) in [7, 11) is -2.85. The molecule has 1 saturated heterocycles. The maximum absolute atomic E-state index is 11.4. The lowest BCUT2D eigenvalue weighted by atomic mass is 9.63. The molecular weight excluding hydrogens is 316 g/mol. The van der Waals surface area contributed by atoms with Crippen LogP contribution < -0.4 is 4.90 Å². The first-order valence-corrected chi connectivity index (χ1v) is 8.69. The number of hydrogen-bond acceptors (Lipinski definition) is 4. The molecule has 1 aliphatic carbocycles. The second kappa shape index (κ2) is 3.93. The van der Waals surface area contributed by atoms with Gasteiger partial charge in [0.05, 0.1) is 9.72 Å². The highest BCUT2D eigenvalue weighted by Crippen LogP contribution is 2.52. The maximum atomic E-state index is 11.4. The number of nitrogens with zero attached hydrogens (tertiary/aromatic N) is 2. The minimum atomic E-state index is -2.85. The fourth-order valence-corrected chi connectivity index (χ4v) is 4.81. The molecule has 1 spiro atoms. The molecule has 1 aliphatic heterocycles. The topological polar surface area (TPSA) is 50.3 Å². The van der Waals surface area contributed by atoms with Crippen molar-refractivity contribution < 1.29 is 8.42 Å². The molecule has 0 N–H and O–H groups in total. The van der Waals surface area contributed by atoms with Crippen LogP contribution in [-0.4, -0.2) is 38.0 Å². The Kier molecular flexibility index (Phi) is 2.71. The van der Waals surface area contributed by atoms with Crippen molar-refractivity contribution in [3.8, 4) is 0 Å². The van der Waals surface area contributed by atoms with E-state index >= 15 is 0 Å². The average molecular weight is 331 g/mol. The predicted octanol–water partition coefficient (Wildman–Crippen LogP) is 1.86. The van der Waals surface area contributed by atoms with E-state index in [1.807, 2.05) is 12.1 Å². The van der Waals surface area contributed by atoms with Crippen molar-refractivity contribution in [1.29, 1.82) is 0 Å². The number of pyridine rings is 1. The highest BCUT2D eigenvalue weighted by molar-refractivity contribution is 9.10. The second-order valence-electron chi connectivity index (χ2n) is 5.52. The van der Waals surface area contributed by atoms with Crippen LogP contribution >= 0.6 is 15.9 Å². The summed E-state index contributed by atoms with van der Waals surface area (Å²) in [6.45, 7) is 1.85. The molecule has 0 amide bonds. The summed E-state index contributed by atoms with van der Waals surface area (Å²) in [5, 5.41) is -0.119. The van der Waals surface area contributed by atoms with E-state index < -0.39 is 9.84 Å². The van der Waals surface area contributed by atoms with Crippen molar-refractivity contribution in [3.05, 3.63) is 22.8 Å². The van der Waals surface area contributed by atoms with Gasteiger partial charge in [-0.05, 0) is 40.9 Å². The van der Waals surface area contributed by atoms with Gasteiger partial charge < -0.3 is 4.90 Å². The van der Waals surface area contributed by atoms with E-state index in [0.29, 0.717) is 0 Å². The first kappa shape index (κ1) is 12.4. The van der Waals surface area contributed by atoms with Crippen molar-refractivity contribution >= 4 is 31.6 Å². The van der Waals surface area contributed by atoms with Crippen LogP contribution in [0.25, 0.3) is 0 Å². The van der Waals surface area contributed by atoms with Gasteiger partial charge in [0, 0.05) is 31.0 Å². The number of rotatable bonds is 2. The Morgan fingerprint density at radius 1 is 1.44 bits per heavy atom. The fraction of sp³-hybridized carbons (Fsp3) is 0.583. The molecule has 0 bridgehead atoms. The Hall–Kier alpha value is -0.620. The van der Waals surface area contributed by atoms with Gasteiger partial charge in [0.25, 0.3) is 0 Å². The molecule has 0 radical (unpaired) electrons. The molecule has 1 saturated carbocycles. The van der Waals surface area contributed by atoms with Crippen LogP contribution in [0.3, 0.4) is 0 Å². The van der Waals surface area contributed by atoms with Crippen LogP contribution in [0.5, 0.6) is 0 Å². The van der Waals surface area contributed by atoms with Crippen LogP contribution in [0.1, 0.15) is 12.8 Å². The van der Waals surface area contributed by atoms with Crippen molar-refractivity contribution in [2.24, 2.45) is 5.41 Å². The van der Waals surface area contributed by atoms with Crippen LogP contribution in [0.2, 0.25) is 0 Å². The molecule has 6 heteroatoms. The monoisotopic (exact) mass is 330 g/mol. The Bertz CT molecular complexity index is 573. The number of halogens is 1. The molecule has 3 rings (SSSR count). The summed E-state index contributed by atoms with van der Waals surface area (Å²) < 4.78 is 23.8. The molecule has 2 fully saturated rings. The zero-order valence-corrected chi connectivity index (χ0v) is 12.5. The van der Waals surface area contributed by atoms with E-state index in [1.54, 1.807) is 6.20 Å². The lowest BCUT2D eigenvalue weighted by Gasteiger charge is -2.59. The Morgan fingerprint density at radius 3 is 2.67 bits per heavy atom. The summed E-state index contributed by atoms with van der Waals surface area (Å²) in [6.07, 6.45) is 4.75. The van der Waals surface area contributed by atoms with Gasteiger partial charge in [-0.3, -0.25) is 0 Å². The van der Waals surface area contributed by atoms with Crippen LogP contribution in [0, 0.1) is 5.41 Å². The van der Waals surface area contributed by atoms with Gasteiger partial charge in [-0.15, -0.1) is 0 Å². The Morgan fingerprint density at radius 2 is 2.11 bits per heavy atom. The smallest absolute Gasteiger partial charge is 0.150 e. The highest BCUT2D eigenvalue weighted by atomic mass is 79.9. The van der Waals surface area contributed by atoms with Crippen molar-refractivity contribution in [2.75, 3.05) is 24.2 Å². The van der Waals surface area contributed by atoms with Crippen LogP contribution in [0.15, 0.2) is 22.8 Å². The molecule has 1 aromatic rings. The third-order valence-corrected chi connectivity index (χ3v) is 6.18. The normalized spacial score (nSPS) is 22.7. The van der Waals surface area contributed by atoms with Gasteiger partial charge >= 0.3 is 0 Å². The van der Waals surface area contributed by atoms with Gasteiger partial charge in [0.1, 0.15) is 15.7 Å². The lowest BCUT2D eigenvalue weighted by molar-refractivity contribution is 0.0936. The average Bonchev–Trinajstić information content (AvgIpc) is 2.14. The Balaban J connectivity index is 1.64. The second-order valence-corrected chi connectivity index (χ2v) is 8.70. The van der Waals surface area contributed by atoms with E-state index in [-0.39, 0.29) is 10.7 Å². The molecular formula is C12H15BrN2O2S.